The summed E-state index contributed by atoms with van der Waals surface area (Å²) in [6, 6.07) is 2.45. The molecule has 1 aliphatic rings. The first-order chi connectivity index (χ1) is 7.58. The Morgan fingerprint density at radius 1 is 1.50 bits per heavy atom. The van der Waals surface area contributed by atoms with Gasteiger partial charge < -0.3 is 5.11 Å². The van der Waals surface area contributed by atoms with Crippen LogP contribution in [0, 0.1) is 11.6 Å². The number of rotatable bonds is 2. The highest BCUT2D eigenvalue weighted by Crippen LogP contribution is 2.34. The second kappa shape index (κ2) is 4.39. The Labute approximate surface area is 94.8 Å². The second-order valence-electron chi connectivity index (χ2n) is 3.44. The summed E-state index contributed by atoms with van der Waals surface area (Å²) in [5, 5.41) is 11.0. The molecule has 2 atom stereocenters. The minimum Gasteiger partial charge on any atom is -0.480 e. The van der Waals surface area contributed by atoms with Gasteiger partial charge in [-0.1, -0.05) is 0 Å². The summed E-state index contributed by atoms with van der Waals surface area (Å²) in [7, 11) is 0. The quantitative estimate of drug-likeness (QED) is 0.833. The number of hydrogen-bond donors (Lipinski definition) is 2. The first-order valence-electron chi connectivity index (χ1n) is 4.63. The van der Waals surface area contributed by atoms with Crippen LogP contribution in [0.1, 0.15) is 10.9 Å². The third kappa shape index (κ3) is 2.17. The molecule has 1 aliphatic heterocycles. The van der Waals surface area contributed by atoms with E-state index >= 15 is 0 Å². The van der Waals surface area contributed by atoms with Crippen molar-refractivity contribution >= 4 is 17.7 Å². The van der Waals surface area contributed by atoms with Crippen molar-refractivity contribution in [1.29, 1.82) is 0 Å². The Bertz CT molecular complexity index is 427. The largest absolute Gasteiger partial charge is 0.480 e. The fourth-order valence-electron chi connectivity index (χ4n) is 1.51. The summed E-state index contributed by atoms with van der Waals surface area (Å²) in [4.78, 5) is 10.7. The molecule has 0 saturated carbocycles. The molecular weight excluding hydrogens is 236 g/mol. The van der Waals surface area contributed by atoms with Crippen LogP contribution < -0.4 is 5.32 Å². The average Bonchev–Trinajstić information content (AvgIpc) is 2.70. The predicted molar refractivity (Wildman–Crippen MR) is 56.1 cm³/mol. The smallest absolute Gasteiger partial charge is 0.321 e. The third-order valence-corrected chi connectivity index (χ3v) is 3.57. The zero-order chi connectivity index (χ0) is 11.7. The highest BCUT2D eigenvalue weighted by Gasteiger charge is 2.31. The lowest BCUT2D eigenvalue weighted by Crippen LogP contribution is -2.33. The molecule has 1 fully saturated rings. The monoisotopic (exact) mass is 245 g/mol. The summed E-state index contributed by atoms with van der Waals surface area (Å²) < 4.78 is 26.3. The van der Waals surface area contributed by atoms with E-state index in [0.717, 1.165) is 18.2 Å². The van der Waals surface area contributed by atoms with Crippen molar-refractivity contribution in [3.8, 4) is 0 Å². The van der Waals surface area contributed by atoms with Crippen LogP contribution in [0.15, 0.2) is 18.2 Å². The van der Waals surface area contributed by atoms with E-state index in [0.29, 0.717) is 5.75 Å². The van der Waals surface area contributed by atoms with Crippen molar-refractivity contribution in [2.45, 2.75) is 11.4 Å². The summed E-state index contributed by atoms with van der Waals surface area (Å²) in [6.45, 7) is 0. The van der Waals surface area contributed by atoms with E-state index in [-0.39, 0.29) is 5.56 Å². The van der Waals surface area contributed by atoms with Gasteiger partial charge in [-0.15, -0.1) is 11.8 Å². The van der Waals surface area contributed by atoms with Crippen LogP contribution in [-0.4, -0.2) is 22.9 Å². The van der Waals surface area contributed by atoms with Gasteiger partial charge >= 0.3 is 5.97 Å². The molecule has 0 amide bonds. The zero-order valence-electron chi connectivity index (χ0n) is 8.11. The van der Waals surface area contributed by atoms with Crippen LogP contribution in [-0.2, 0) is 4.79 Å². The normalized spacial score (nSPS) is 24.6. The van der Waals surface area contributed by atoms with E-state index in [2.05, 4.69) is 5.32 Å². The molecule has 86 valence electrons. The number of aliphatic carboxylic acids is 1. The molecule has 0 aliphatic carbocycles. The maximum atomic E-state index is 13.4. The van der Waals surface area contributed by atoms with Crippen molar-refractivity contribution in [2.75, 3.05) is 5.75 Å². The first kappa shape index (κ1) is 11.3. The molecule has 0 bridgehead atoms. The molecule has 16 heavy (non-hydrogen) atoms. The molecule has 2 rings (SSSR count). The van der Waals surface area contributed by atoms with Crippen molar-refractivity contribution in [2.24, 2.45) is 0 Å². The highest BCUT2D eigenvalue weighted by molar-refractivity contribution is 7.99. The number of thioether (sulfide) groups is 1. The Hall–Kier alpha value is -1.14. The third-order valence-electron chi connectivity index (χ3n) is 2.32. The van der Waals surface area contributed by atoms with Crippen LogP contribution >= 0.6 is 11.8 Å². The van der Waals surface area contributed by atoms with Crippen LogP contribution in [0.25, 0.3) is 0 Å². The van der Waals surface area contributed by atoms with Gasteiger partial charge in [0.2, 0.25) is 0 Å². The Morgan fingerprint density at radius 3 is 2.88 bits per heavy atom. The van der Waals surface area contributed by atoms with Crippen molar-refractivity contribution in [3.63, 3.8) is 0 Å². The SMILES string of the molecule is O=C(O)[C@@H]1CSC(c2cc(F)ccc2F)N1. The molecule has 1 aromatic rings. The summed E-state index contributed by atoms with van der Waals surface area (Å²) >= 11 is 1.26. The average molecular weight is 245 g/mol. The van der Waals surface area contributed by atoms with Crippen molar-refractivity contribution < 1.29 is 18.7 Å². The van der Waals surface area contributed by atoms with E-state index in [1.54, 1.807) is 0 Å². The number of nitrogens with one attached hydrogen (secondary N) is 1. The maximum absolute atomic E-state index is 13.4. The van der Waals surface area contributed by atoms with E-state index in [1.165, 1.54) is 11.8 Å². The molecule has 1 heterocycles. The number of benzene rings is 1. The Kier molecular flexibility index (Phi) is 3.11. The van der Waals surface area contributed by atoms with Crippen LogP contribution in [0.2, 0.25) is 0 Å². The molecular formula is C10H9F2NO2S. The van der Waals surface area contributed by atoms with E-state index in [1.807, 2.05) is 0 Å². The van der Waals surface area contributed by atoms with Gasteiger partial charge in [0.1, 0.15) is 17.7 Å². The summed E-state index contributed by atoms with van der Waals surface area (Å²) in [5.41, 5.74) is 0.161. The van der Waals surface area contributed by atoms with E-state index in [9.17, 15) is 13.6 Å². The van der Waals surface area contributed by atoms with Gasteiger partial charge in [0.15, 0.2) is 0 Å². The van der Waals surface area contributed by atoms with Gasteiger partial charge in [-0.2, -0.15) is 0 Å². The van der Waals surface area contributed by atoms with Crippen molar-refractivity contribution in [3.05, 3.63) is 35.4 Å². The van der Waals surface area contributed by atoms with Crippen LogP contribution in [0.4, 0.5) is 8.78 Å². The zero-order valence-corrected chi connectivity index (χ0v) is 8.93. The Balaban J connectivity index is 2.20. The van der Waals surface area contributed by atoms with Crippen molar-refractivity contribution in [1.82, 2.24) is 5.32 Å². The molecule has 0 aromatic heterocycles. The standard InChI is InChI=1S/C10H9F2NO2S/c11-5-1-2-7(12)6(3-5)9-13-8(4-16-9)10(14)15/h1-3,8-9,13H,4H2,(H,14,15)/t8-,9?/m0/s1. The predicted octanol–water partition coefficient (Wildman–Crippen LogP) is 1.75. The number of carboxylic acid groups (broad SMARTS) is 1. The molecule has 1 saturated heterocycles. The van der Waals surface area contributed by atoms with Gasteiger partial charge in [0.05, 0.1) is 5.37 Å². The van der Waals surface area contributed by atoms with Gasteiger partial charge in [-0.05, 0) is 18.2 Å². The number of carbonyl (C=O) groups is 1. The number of halogens is 2. The molecule has 1 unspecified atom stereocenters. The fourth-order valence-corrected chi connectivity index (χ4v) is 2.75. The lowest BCUT2D eigenvalue weighted by atomic mass is 10.2. The Morgan fingerprint density at radius 2 is 2.25 bits per heavy atom. The number of hydrogen-bond acceptors (Lipinski definition) is 3. The summed E-state index contributed by atoms with van der Waals surface area (Å²) in [5.74, 6) is -1.70. The molecule has 0 radical (unpaired) electrons. The molecule has 6 heteroatoms. The van der Waals surface area contributed by atoms with E-state index in [4.69, 9.17) is 5.11 Å². The highest BCUT2D eigenvalue weighted by atomic mass is 32.2. The lowest BCUT2D eigenvalue weighted by molar-refractivity contribution is -0.138. The molecule has 0 spiro atoms. The van der Waals surface area contributed by atoms with Crippen LogP contribution in [0.5, 0.6) is 0 Å². The van der Waals surface area contributed by atoms with Gasteiger partial charge in [0, 0.05) is 11.3 Å². The first-order valence-corrected chi connectivity index (χ1v) is 5.68. The minimum atomic E-state index is -0.980. The van der Waals surface area contributed by atoms with Gasteiger partial charge in [-0.25, -0.2) is 8.78 Å². The molecule has 2 N–H and O–H groups in total. The molecule has 3 nitrogen and oxygen atoms in total. The van der Waals surface area contributed by atoms with Crippen LogP contribution in [0.3, 0.4) is 0 Å². The van der Waals surface area contributed by atoms with Gasteiger partial charge in [0.25, 0.3) is 0 Å². The number of carboxylic acids is 1. The lowest BCUT2D eigenvalue weighted by Gasteiger charge is -2.12. The van der Waals surface area contributed by atoms with E-state index < -0.39 is 29.0 Å². The van der Waals surface area contributed by atoms with Gasteiger partial charge in [-0.3, -0.25) is 10.1 Å². The summed E-state index contributed by atoms with van der Waals surface area (Å²) in [6.07, 6.45) is 0. The maximum Gasteiger partial charge on any atom is 0.321 e. The minimum absolute atomic E-state index is 0.161. The second-order valence-corrected chi connectivity index (χ2v) is 4.57. The fraction of sp³-hybridized carbons (Fsp3) is 0.300. The topological polar surface area (TPSA) is 49.3 Å². The molecule has 1 aromatic carbocycles.